The van der Waals surface area contributed by atoms with E-state index in [0.29, 0.717) is 5.56 Å². The summed E-state index contributed by atoms with van der Waals surface area (Å²) in [7, 11) is 0. The van der Waals surface area contributed by atoms with Crippen molar-refractivity contribution >= 4 is 11.4 Å². The van der Waals surface area contributed by atoms with E-state index < -0.39 is 16.9 Å². The normalized spacial score (nSPS) is 10.7. The van der Waals surface area contributed by atoms with E-state index in [9.17, 15) is 18.8 Å². The second-order valence-electron chi connectivity index (χ2n) is 4.94. The molecule has 0 fully saturated rings. The zero-order valence-corrected chi connectivity index (χ0v) is 11.9. The van der Waals surface area contributed by atoms with E-state index in [-0.39, 0.29) is 23.4 Å². The quantitative estimate of drug-likeness (QED) is 0.758. The second-order valence-corrected chi connectivity index (χ2v) is 4.94. The van der Waals surface area contributed by atoms with E-state index in [0.717, 1.165) is 6.07 Å². The van der Waals surface area contributed by atoms with E-state index in [1.54, 1.807) is 12.1 Å². The number of nitrogens with zero attached hydrogens (tertiary/aromatic N) is 1. The van der Waals surface area contributed by atoms with Gasteiger partial charge in [-0.05, 0) is 17.7 Å². The van der Waals surface area contributed by atoms with Crippen LogP contribution < -0.4 is 16.3 Å². The highest BCUT2D eigenvalue weighted by Crippen LogP contribution is 2.03. The van der Waals surface area contributed by atoms with Crippen LogP contribution in [-0.4, -0.2) is 15.3 Å². The van der Waals surface area contributed by atoms with Gasteiger partial charge >= 0.3 is 0 Å². The third kappa shape index (κ3) is 3.03. The molecule has 2 heterocycles. The minimum absolute atomic E-state index is 0.0739. The molecular formula is C16H12FN3O3. The largest absolute Gasteiger partial charge is 0.348 e. The first-order chi connectivity index (χ1) is 11.0. The summed E-state index contributed by atoms with van der Waals surface area (Å²) in [6.07, 6.45) is 4.26. The SMILES string of the molecule is O=C(NCc1ccc(F)cc1)c1cn2cc[nH]c(=O)c2cc1=O. The van der Waals surface area contributed by atoms with Gasteiger partial charge in [0.1, 0.15) is 16.9 Å². The number of H-pyrrole nitrogens is 1. The molecule has 23 heavy (non-hydrogen) atoms. The molecule has 3 rings (SSSR count). The summed E-state index contributed by atoms with van der Waals surface area (Å²) in [5.74, 6) is -0.924. The van der Waals surface area contributed by atoms with Crippen molar-refractivity contribution in [1.29, 1.82) is 0 Å². The summed E-state index contributed by atoms with van der Waals surface area (Å²) in [4.78, 5) is 38.2. The topological polar surface area (TPSA) is 83.4 Å². The van der Waals surface area contributed by atoms with Crippen LogP contribution in [0.25, 0.3) is 5.52 Å². The van der Waals surface area contributed by atoms with Gasteiger partial charge in [0, 0.05) is 31.2 Å². The van der Waals surface area contributed by atoms with Gasteiger partial charge < -0.3 is 14.7 Å². The van der Waals surface area contributed by atoms with Crippen LogP contribution in [0.3, 0.4) is 0 Å². The molecular weight excluding hydrogens is 301 g/mol. The van der Waals surface area contributed by atoms with Gasteiger partial charge in [0.2, 0.25) is 0 Å². The average molecular weight is 313 g/mol. The Morgan fingerprint density at radius 3 is 2.70 bits per heavy atom. The number of rotatable bonds is 3. The number of pyridine rings is 1. The molecule has 0 aliphatic carbocycles. The third-order valence-corrected chi connectivity index (χ3v) is 3.37. The van der Waals surface area contributed by atoms with Gasteiger partial charge in [-0.25, -0.2) is 4.39 Å². The zero-order valence-electron chi connectivity index (χ0n) is 11.9. The number of benzene rings is 1. The molecule has 7 heteroatoms. The molecule has 116 valence electrons. The van der Waals surface area contributed by atoms with Crippen molar-refractivity contribution in [3.8, 4) is 0 Å². The van der Waals surface area contributed by atoms with E-state index >= 15 is 0 Å². The van der Waals surface area contributed by atoms with Crippen LogP contribution in [-0.2, 0) is 6.54 Å². The van der Waals surface area contributed by atoms with Gasteiger partial charge in [0.15, 0.2) is 5.43 Å². The van der Waals surface area contributed by atoms with Crippen molar-refractivity contribution in [2.75, 3.05) is 0 Å². The number of amides is 1. The van der Waals surface area contributed by atoms with Crippen molar-refractivity contribution in [3.63, 3.8) is 0 Å². The van der Waals surface area contributed by atoms with E-state index in [2.05, 4.69) is 10.3 Å². The van der Waals surface area contributed by atoms with Crippen LogP contribution in [0.4, 0.5) is 4.39 Å². The lowest BCUT2D eigenvalue weighted by Gasteiger charge is -2.06. The molecule has 0 saturated heterocycles. The average Bonchev–Trinajstić information content (AvgIpc) is 2.54. The first-order valence-electron chi connectivity index (χ1n) is 6.81. The fraction of sp³-hybridized carbons (Fsp3) is 0.0625. The van der Waals surface area contributed by atoms with Gasteiger partial charge in [-0.2, -0.15) is 0 Å². The molecule has 0 unspecified atom stereocenters. The van der Waals surface area contributed by atoms with Crippen molar-refractivity contribution < 1.29 is 9.18 Å². The Bertz CT molecular complexity index is 990. The number of carbonyl (C=O) groups is 1. The number of nitrogens with one attached hydrogen (secondary N) is 2. The number of halogens is 1. The minimum atomic E-state index is -0.561. The van der Waals surface area contributed by atoms with E-state index in [4.69, 9.17) is 0 Å². The van der Waals surface area contributed by atoms with E-state index in [1.807, 2.05) is 0 Å². The summed E-state index contributed by atoms with van der Waals surface area (Å²) in [5, 5.41) is 2.59. The van der Waals surface area contributed by atoms with Gasteiger partial charge in [-0.1, -0.05) is 12.1 Å². The highest BCUT2D eigenvalue weighted by molar-refractivity contribution is 5.94. The summed E-state index contributed by atoms with van der Waals surface area (Å²) >= 11 is 0. The maximum absolute atomic E-state index is 12.8. The molecule has 0 bridgehead atoms. The maximum atomic E-state index is 12.8. The summed E-state index contributed by atoms with van der Waals surface area (Å²) in [6, 6.07) is 6.79. The minimum Gasteiger partial charge on any atom is -0.348 e. The lowest BCUT2D eigenvalue weighted by molar-refractivity contribution is 0.0949. The highest BCUT2D eigenvalue weighted by Gasteiger charge is 2.12. The molecule has 0 atom stereocenters. The molecule has 2 aromatic heterocycles. The van der Waals surface area contributed by atoms with Crippen LogP contribution in [0.2, 0.25) is 0 Å². The second kappa shape index (κ2) is 5.88. The lowest BCUT2D eigenvalue weighted by Crippen LogP contribution is -2.29. The monoisotopic (exact) mass is 313 g/mol. The Hall–Kier alpha value is -3.22. The fourth-order valence-corrected chi connectivity index (χ4v) is 2.17. The molecule has 0 radical (unpaired) electrons. The molecule has 6 nitrogen and oxygen atoms in total. The summed E-state index contributed by atoms with van der Waals surface area (Å²) < 4.78 is 14.2. The molecule has 1 aromatic carbocycles. The van der Waals surface area contributed by atoms with Crippen LogP contribution in [0, 0.1) is 5.82 Å². The molecule has 2 N–H and O–H groups in total. The van der Waals surface area contributed by atoms with Gasteiger partial charge in [-0.15, -0.1) is 0 Å². The highest BCUT2D eigenvalue weighted by atomic mass is 19.1. The molecule has 0 spiro atoms. The predicted octanol–water partition coefficient (Wildman–Crippen LogP) is 1.06. The zero-order chi connectivity index (χ0) is 16.4. The number of aromatic amines is 1. The first kappa shape index (κ1) is 14.7. The van der Waals surface area contributed by atoms with Crippen LogP contribution in [0.15, 0.2) is 58.5 Å². The van der Waals surface area contributed by atoms with Crippen LogP contribution >= 0.6 is 0 Å². The number of fused-ring (bicyclic) bond motifs is 1. The summed E-state index contributed by atoms with van der Waals surface area (Å²) in [5.41, 5.74) is -0.166. The number of hydrogen-bond donors (Lipinski definition) is 2. The fourth-order valence-electron chi connectivity index (χ4n) is 2.17. The third-order valence-electron chi connectivity index (χ3n) is 3.37. The van der Waals surface area contributed by atoms with Crippen LogP contribution in [0.1, 0.15) is 15.9 Å². The van der Waals surface area contributed by atoms with Crippen molar-refractivity contribution in [3.05, 3.63) is 86.4 Å². The maximum Gasteiger partial charge on any atom is 0.272 e. The van der Waals surface area contributed by atoms with Crippen LogP contribution in [0.5, 0.6) is 0 Å². The number of hydrogen-bond acceptors (Lipinski definition) is 3. The predicted molar refractivity (Wildman–Crippen MR) is 81.9 cm³/mol. The lowest BCUT2D eigenvalue weighted by atomic mass is 10.2. The Labute approximate surface area is 129 Å². The van der Waals surface area contributed by atoms with Gasteiger partial charge in [-0.3, -0.25) is 14.4 Å². The Balaban J connectivity index is 1.86. The summed E-state index contributed by atoms with van der Waals surface area (Å²) in [6.45, 7) is 0.163. The Morgan fingerprint density at radius 2 is 1.96 bits per heavy atom. The standard InChI is InChI=1S/C16H12FN3O3/c17-11-3-1-10(2-4-11)8-19-15(22)12-9-20-6-5-18-16(23)13(20)7-14(12)21/h1-7,9H,8H2,(H,18,23)(H,19,22). The smallest absolute Gasteiger partial charge is 0.272 e. The van der Waals surface area contributed by atoms with Crippen molar-refractivity contribution in [2.24, 2.45) is 0 Å². The molecule has 0 aliphatic rings. The molecule has 0 aliphatic heterocycles. The van der Waals surface area contributed by atoms with Crippen molar-refractivity contribution in [1.82, 2.24) is 14.7 Å². The van der Waals surface area contributed by atoms with E-state index in [1.165, 1.54) is 35.1 Å². The number of aromatic nitrogens is 2. The number of carbonyl (C=O) groups excluding carboxylic acids is 1. The Kier molecular flexibility index (Phi) is 3.76. The van der Waals surface area contributed by atoms with Crippen molar-refractivity contribution in [2.45, 2.75) is 6.54 Å². The first-order valence-corrected chi connectivity index (χ1v) is 6.81. The van der Waals surface area contributed by atoms with Gasteiger partial charge in [0.25, 0.3) is 11.5 Å². The molecule has 0 saturated carbocycles. The van der Waals surface area contributed by atoms with Gasteiger partial charge in [0.05, 0.1) is 0 Å². The Morgan fingerprint density at radius 1 is 1.22 bits per heavy atom. The molecule has 1 amide bonds. The molecule has 3 aromatic rings.